The fourth-order valence-corrected chi connectivity index (χ4v) is 2.85. The van der Waals surface area contributed by atoms with Crippen molar-refractivity contribution in [2.75, 3.05) is 6.61 Å². The van der Waals surface area contributed by atoms with E-state index in [1.54, 1.807) is 26.0 Å². The topological polar surface area (TPSA) is 55.4 Å². The molecular weight excluding hydrogens is 329 g/mol. The molecule has 0 aliphatic heterocycles. The fraction of sp³-hybridized carbons (Fsp3) is 0.222. The van der Waals surface area contributed by atoms with Crippen LogP contribution in [0.3, 0.4) is 0 Å². The van der Waals surface area contributed by atoms with Gasteiger partial charge in [0.15, 0.2) is 6.61 Å². The second-order valence-electron chi connectivity index (χ2n) is 5.40. The summed E-state index contributed by atoms with van der Waals surface area (Å²) in [6.45, 7) is 3.16. The van der Waals surface area contributed by atoms with Crippen molar-refractivity contribution in [3.8, 4) is 0 Å². The van der Waals surface area contributed by atoms with E-state index in [4.69, 9.17) is 4.74 Å². The first kappa shape index (κ1) is 17.9. The number of carbonyl (C=O) groups is 2. The molecule has 1 aromatic heterocycles. The molecule has 126 valence electrons. The van der Waals surface area contributed by atoms with Gasteiger partial charge in [-0.3, -0.25) is 4.79 Å². The number of esters is 1. The quantitative estimate of drug-likeness (QED) is 0.642. The number of ether oxygens (including phenoxy) is 1. The van der Waals surface area contributed by atoms with Crippen molar-refractivity contribution in [1.29, 1.82) is 0 Å². The van der Waals surface area contributed by atoms with Crippen LogP contribution < -0.4 is 5.32 Å². The number of allylic oxidation sites excluding steroid dienone is 1. The Hall–Kier alpha value is -2.47. The maximum Gasteiger partial charge on any atom is 0.331 e. The van der Waals surface area contributed by atoms with Gasteiger partial charge in [0.25, 0.3) is 5.91 Å². The van der Waals surface area contributed by atoms with Gasteiger partial charge in [-0.05, 0) is 43.0 Å². The Labute approximate surface area is 144 Å². The van der Waals surface area contributed by atoms with Crippen LogP contribution in [-0.4, -0.2) is 18.5 Å². The predicted octanol–water partition coefficient (Wildman–Crippen LogP) is 3.60. The van der Waals surface area contributed by atoms with E-state index in [1.165, 1.54) is 29.5 Å². The van der Waals surface area contributed by atoms with E-state index in [2.05, 4.69) is 5.32 Å². The Morgan fingerprint density at radius 2 is 1.96 bits per heavy atom. The highest BCUT2D eigenvalue weighted by Gasteiger charge is 2.18. The van der Waals surface area contributed by atoms with Gasteiger partial charge in [0.05, 0.1) is 6.04 Å². The second-order valence-corrected chi connectivity index (χ2v) is 6.38. The van der Waals surface area contributed by atoms with Gasteiger partial charge in [-0.1, -0.05) is 23.8 Å². The normalized spacial score (nSPS) is 11.5. The molecule has 1 amide bonds. The molecule has 0 aliphatic carbocycles. The van der Waals surface area contributed by atoms with Gasteiger partial charge < -0.3 is 10.1 Å². The Balaban J connectivity index is 2.06. The number of halogens is 1. The minimum atomic E-state index is -0.556. The van der Waals surface area contributed by atoms with Gasteiger partial charge in [0.1, 0.15) is 5.82 Å². The van der Waals surface area contributed by atoms with E-state index in [-0.39, 0.29) is 12.4 Å². The number of hydrogen-bond donors (Lipinski definition) is 1. The zero-order chi connectivity index (χ0) is 17.5. The molecule has 0 radical (unpaired) electrons. The first-order valence-electron chi connectivity index (χ1n) is 7.35. The number of carbonyl (C=O) groups excluding carboxylic acids is 2. The SMILES string of the molecule is CC(C)=CC(=O)OCC(=O)N[C@@H](c1ccc(F)cc1)c1cccs1. The number of amides is 1. The highest BCUT2D eigenvalue weighted by molar-refractivity contribution is 7.10. The minimum Gasteiger partial charge on any atom is -0.452 e. The average molecular weight is 347 g/mol. The van der Waals surface area contributed by atoms with Crippen LogP contribution in [0, 0.1) is 5.82 Å². The summed E-state index contributed by atoms with van der Waals surface area (Å²) in [5, 5.41) is 4.71. The van der Waals surface area contributed by atoms with Gasteiger partial charge in [0.2, 0.25) is 0 Å². The van der Waals surface area contributed by atoms with Crippen LogP contribution >= 0.6 is 11.3 Å². The van der Waals surface area contributed by atoms with Crippen molar-refractivity contribution in [1.82, 2.24) is 5.32 Å². The molecule has 1 atom stereocenters. The number of rotatable bonds is 6. The van der Waals surface area contributed by atoms with Gasteiger partial charge >= 0.3 is 5.97 Å². The van der Waals surface area contributed by atoms with Crippen molar-refractivity contribution in [2.24, 2.45) is 0 Å². The Morgan fingerprint density at radius 3 is 2.54 bits per heavy atom. The molecular formula is C18H18FNO3S. The molecule has 0 spiro atoms. The summed E-state index contributed by atoms with van der Waals surface area (Å²) in [4.78, 5) is 24.5. The van der Waals surface area contributed by atoms with E-state index >= 15 is 0 Å². The molecule has 6 heteroatoms. The minimum absolute atomic E-state index is 0.342. The third-order valence-electron chi connectivity index (χ3n) is 3.09. The summed E-state index contributed by atoms with van der Waals surface area (Å²) < 4.78 is 18.0. The molecule has 4 nitrogen and oxygen atoms in total. The second kappa shape index (κ2) is 8.40. The van der Waals surface area contributed by atoms with Crippen LogP contribution in [0.4, 0.5) is 4.39 Å². The zero-order valence-electron chi connectivity index (χ0n) is 13.4. The van der Waals surface area contributed by atoms with Crippen molar-refractivity contribution in [3.63, 3.8) is 0 Å². The zero-order valence-corrected chi connectivity index (χ0v) is 14.2. The number of hydrogen-bond acceptors (Lipinski definition) is 4. The van der Waals surface area contributed by atoms with Crippen LogP contribution in [0.2, 0.25) is 0 Å². The first-order valence-corrected chi connectivity index (χ1v) is 8.23. The Kier molecular flexibility index (Phi) is 6.26. The maximum atomic E-state index is 13.1. The summed E-state index contributed by atoms with van der Waals surface area (Å²) in [5.74, 6) is -1.32. The summed E-state index contributed by atoms with van der Waals surface area (Å²) in [5.41, 5.74) is 1.55. The Bertz CT molecular complexity index is 719. The number of benzene rings is 1. The summed E-state index contributed by atoms with van der Waals surface area (Å²) in [6, 6.07) is 9.27. The van der Waals surface area contributed by atoms with Crippen molar-refractivity contribution < 1.29 is 18.7 Å². The highest BCUT2D eigenvalue weighted by atomic mass is 32.1. The third kappa shape index (κ3) is 5.31. The van der Waals surface area contributed by atoms with Crippen molar-refractivity contribution in [3.05, 3.63) is 69.7 Å². The summed E-state index contributed by atoms with van der Waals surface area (Å²) in [6.07, 6.45) is 1.32. The summed E-state index contributed by atoms with van der Waals surface area (Å²) >= 11 is 1.48. The van der Waals surface area contributed by atoms with E-state index < -0.39 is 17.9 Å². The average Bonchev–Trinajstić information content (AvgIpc) is 3.05. The van der Waals surface area contributed by atoms with Crippen molar-refractivity contribution >= 4 is 23.2 Å². The van der Waals surface area contributed by atoms with Gasteiger partial charge in [-0.2, -0.15) is 0 Å². The fourth-order valence-electron chi connectivity index (χ4n) is 2.05. The van der Waals surface area contributed by atoms with Gasteiger partial charge in [-0.25, -0.2) is 9.18 Å². The molecule has 1 aromatic carbocycles. The van der Waals surface area contributed by atoms with Crippen LogP contribution in [0.5, 0.6) is 0 Å². The third-order valence-corrected chi connectivity index (χ3v) is 4.03. The van der Waals surface area contributed by atoms with Gasteiger partial charge in [0, 0.05) is 11.0 Å². The largest absolute Gasteiger partial charge is 0.452 e. The lowest BCUT2D eigenvalue weighted by Gasteiger charge is -2.18. The smallest absolute Gasteiger partial charge is 0.331 e. The molecule has 24 heavy (non-hydrogen) atoms. The van der Waals surface area contributed by atoms with Crippen LogP contribution in [0.1, 0.15) is 30.3 Å². The molecule has 2 rings (SSSR count). The standard InChI is InChI=1S/C18H18FNO3S/c1-12(2)10-17(22)23-11-16(21)20-18(15-4-3-9-24-15)13-5-7-14(19)8-6-13/h3-10,18H,11H2,1-2H3,(H,20,21)/t18-/m0/s1. The lowest BCUT2D eigenvalue weighted by Crippen LogP contribution is -2.32. The number of nitrogens with one attached hydrogen (secondary N) is 1. The monoisotopic (exact) mass is 347 g/mol. The van der Waals surface area contributed by atoms with E-state index in [1.807, 2.05) is 17.5 Å². The molecule has 0 aliphatic rings. The van der Waals surface area contributed by atoms with E-state index in [9.17, 15) is 14.0 Å². The molecule has 1 N–H and O–H groups in total. The molecule has 0 fully saturated rings. The first-order chi connectivity index (χ1) is 11.5. The lowest BCUT2D eigenvalue weighted by molar-refractivity contribution is -0.144. The van der Waals surface area contributed by atoms with E-state index in [0.717, 1.165) is 16.0 Å². The molecule has 1 heterocycles. The van der Waals surface area contributed by atoms with Crippen LogP contribution in [0.25, 0.3) is 0 Å². The predicted molar refractivity (Wildman–Crippen MR) is 91.1 cm³/mol. The van der Waals surface area contributed by atoms with Crippen LogP contribution in [-0.2, 0) is 14.3 Å². The van der Waals surface area contributed by atoms with Crippen molar-refractivity contribution in [2.45, 2.75) is 19.9 Å². The molecule has 0 saturated heterocycles. The lowest BCUT2D eigenvalue weighted by atomic mass is 10.1. The Morgan fingerprint density at radius 1 is 1.25 bits per heavy atom. The molecule has 0 bridgehead atoms. The molecule has 2 aromatic rings. The highest BCUT2D eigenvalue weighted by Crippen LogP contribution is 2.26. The number of thiophene rings is 1. The van der Waals surface area contributed by atoms with Crippen LogP contribution in [0.15, 0.2) is 53.4 Å². The molecule has 0 saturated carbocycles. The summed E-state index contributed by atoms with van der Waals surface area (Å²) in [7, 11) is 0. The maximum absolute atomic E-state index is 13.1. The van der Waals surface area contributed by atoms with E-state index in [0.29, 0.717) is 0 Å². The van der Waals surface area contributed by atoms with Gasteiger partial charge in [-0.15, -0.1) is 11.3 Å². The molecule has 0 unspecified atom stereocenters.